The molecule has 2 fully saturated rings. The first-order valence-corrected chi connectivity index (χ1v) is 11.7. The smallest absolute Gasteiger partial charge is 0.354 e. The molecular formula is C24H34F3N3O2. The van der Waals surface area contributed by atoms with Gasteiger partial charge in [-0.2, -0.15) is 13.2 Å². The molecule has 2 aliphatic rings. The van der Waals surface area contributed by atoms with E-state index in [-0.39, 0.29) is 17.5 Å². The quantitative estimate of drug-likeness (QED) is 0.674. The highest BCUT2D eigenvalue weighted by atomic mass is 19.4. The molecule has 0 spiro atoms. The fraction of sp³-hybridized carbons (Fsp3) is 0.667. The zero-order chi connectivity index (χ0) is 23.3. The molecule has 1 heterocycles. The van der Waals surface area contributed by atoms with Crippen molar-refractivity contribution >= 4 is 11.8 Å². The molecule has 1 saturated carbocycles. The van der Waals surface area contributed by atoms with Crippen LogP contribution >= 0.6 is 0 Å². The van der Waals surface area contributed by atoms with E-state index in [4.69, 9.17) is 0 Å². The predicted octanol–water partition coefficient (Wildman–Crippen LogP) is 4.18. The van der Waals surface area contributed by atoms with E-state index in [1.165, 1.54) is 23.1 Å². The van der Waals surface area contributed by atoms with Crippen LogP contribution in [-0.4, -0.2) is 60.4 Å². The van der Waals surface area contributed by atoms with Crippen LogP contribution in [0.2, 0.25) is 0 Å². The Morgan fingerprint density at radius 3 is 2.31 bits per heavy atom. The van der Waals surface area contributed by atoms with E-state index in [1.54, 1.807) is 0 Å². The van der Waals surface area contributed by atoms with Crippen molar-refractivity contribution in [1.82, 2.24) is 15.1 Å². The Kier molecular flexibility index (Phi) is 8.20. The van der Waals surface area contributed by atoms with Crippen LogP contribution in [0.15, 0.2) is 24.3 Å². The van der Waals surface area contributed by atoms with Gasteiger partial charge in [0, 0.05) is 32.7 Å². The molecule has 0 radical (unpaired) electrons. The van der Waals surface area contributed by atoms with Gasteiger partial charge >= 0.3 is 6.18 Å². The summed E-state index contributed by atoms with van der Waals surface area (Å²) >= 11 is 0. The standard InChI is InChI=1S/C24H34F3N3O2/c1-3-17(2)16-28-22(31)21(18-8-4-5-9-18)29-12-14-30(15-13-29)23(32)19-10-6-7-11-20(19)24(25,26)27/h6-7,10-11,17-18,21H,3-5,8-9,12-16H2,1-2H3,(H,28,31)/t17-,21+/m0/s1. The third kappa shape index (κ3) is 5.82. The van der Waals surface area contributed by atoms with Gasteiger partial charge in [0.2, 0.25) is 5.91 Å². The van der Waals surface area contributed by atoms with Gasteiger partial charge in [0.15, 0.2) is 0 Å². The minimum Gasteiger partial charge on any atom is -0.354 e. The van der Waals surface area contributed by atoms with E-state index in [0.717, 1.165) is 38.2 Å². The topological polar surface area (TPSA) is 52.7 Å². The molecule has 0 aromatic heterocycles. The number of piperazine rings is 1. The molecule has 8 heteroatoms. The second kappa shape index (κ2) is 10.7. The lowest BCUT2D eigenvalue weighted by Gasteiger charge is -2.41. The number of carbonyl (C=O) groups is 2. The van der Waals surface area contributed by atoms with Gasteiger partial charge in [-0.05, 0) is 36.8 Å². The fourth-order valence-corrected chi connectivity index (χ4v) is 4.77. The Bertz CT molecular complexity index is 785. The second-order valence-corrected chi connectivity index (χ2v) is 9.12. The van der Waals surface area contributed by atoms with Crippen LogP contribution in [0.25, 0.3) is 0 Å². The molecule has 2 atom stereocenters. The van der Waals surface area contributed by atoms with Crippen LogP contribution in [0.3, 0.4) is 0 Å². The van der Waals surface area contributed by atoms with Crippen molar-refractivity contribution in [3.8, 4) is 0 Å². The highest BCUT2D eigenvalue weighted by Crippen LogP contribution is 2.33. The van der Waals surface area contributed by atoms with Crippen molar-refractivity contribution in [2.45, 2.75) is 58.2 Å². The summed E-state index contributed by atoms with van der Waals surface area (Å²) in [7, 11) is 0. The Morgan fingerprint density at radius 2 is 1.72 bits per heavy atom. The number of hydrogen-bond acceptors (Lipinski definition) is 3. The number of rotatable bonds is 7. The number of nitrogens with zero attached hydrogens (tertiary/aromatic N) is 2. The Labute approximate surface area is 188 Å². The summed E-state index contributed by atoms with van der Waals surface area (Å²) in [5.41, 5.74) is -1.22. The van der Waals surface area contributed by atoms with E-state index < -0.39 is 17.6 Å². The third-order valence-corrected chi connectivity index (χ3v) is 6.89. The monoisotopic (exact) mass is 453 g/mol. The summed E-state index contributed by atoms with van der Waals surface area (Å²) in [4.78, 5) is 29.6. The van der Waals surface area contributed by atoms with Crippen LogP contribution in [-0.2, 0) is 11.0 Å². The lowest BCUT2D eigenvalue weighted by atomic mass is 9.94. The largest absolute Gasteiger partial charge is 0.417 e. The van der Waals surface area contributed by atoms with Crippen LogP contribution in [0.1, 0.15) is 61.9 Å². The van der Waals surface area contributed by atoms with Gasteiger partial charge < -0.3 is 10.2 Å². The highest BCUT2D eigenvalue weighted by Gasteiger charge is 2.39. The molecular weight excluding hydrogens is 419 g/mol. The summed E-state index contributed by atoms with van der Waals surface area (Å²) < 4.78 is 40.0. The Balaban J connectivity index is 1.67. The number of hydrogen-bond donors (Lipinski definition) is 1. The summed E-state index contributed by atoms with van der Waals surface area (Å²) in [6.45, 7) is 6.44. The van der Waals surface area contributed by atoms with Gasteiger partial charge in [0.1, 0.15) is 0 Å². The van der Waals surface area contributed by atoms with Crippen molar-refractivity contribution < 1.29 is 22.8 Å². The van der Waals surface area contributed by atoms with Gasteiger partial charge in [-0.25, -0.2) is 0 Å². The van der Waals surface area contributed by atoms with Crippen molar-refractivity contribution in [2.75, 3.05) is 32.7 Å². The van der Waals surface area contributed by atoms with Crippen LogP contribution in [0.5, 0.6) is 0 Å². The summed E-state index contributed by atoms with van der Waals surface area (Å²) in [6.07, 6.45) is 0.682. The molecule has 1 saturated heterocycles. The molecule has 1 aromatic rings. The zero-order valence-corrected chi connectivity index (χ0v) is 19.0. The van der Waals surface area contributed by atoms with Crippen molar-refractivity contribution in [3.63, 3.8) is 0 Å². The SMILES string of the molecule is CC[C@H](C)CNC(=O)[C@@H](C1CCCC1)N1CCN(C(=O)c2ccccc2C(F)(F)F)CC1. The van der Waals surface area contributed by atoms with Gasteiger partial charge in [0.05, 0.1) is 17.2 Å². The van der Waals surface area contributed by atoms with Crippen LogP contribution in [0.4, 0.5) is 13.2 Å². The molecule has 178 valence electrons. The number of amides is 2. The van der Waals surface area contributed by atoms with E-state index in [0.29, 0.717) is 44.6 Å². The van der Waals surface area contributed by atoms with E-state index in [9.17, 15) is 22.8 Å². The van der Waals surface area contributed by atoms with E-state index in [1.807, 2.05) is 0 Å². The zero-order valence-electron chi connectivity index (χ0n) is 19.0. The van der Waals surface area contributed by atoms with Gasteiger partial charge in [-0.1, -0.05) is 45.2 Å². The summed E-state index contributed by atoms with van der Waals surface area (Å²) in [5, 5.41) is 3.11. The first kappa shape index (κ1) is 24.6. The molecule has 1 aliphatic carbocycles. The first-order valence-electron chi connectivity index (χ1n) is 11.7. The second-order valence-electron chi connectivity index (χ2n) is 9.12. The third-order valence-electron chi connectivity index (χ3n) is 6.89. The lowest BCUT2D eigenvalue weighted by molar-refractivity contribution is -0.138. The maximum absolute atomic E-state index is 13.3. The number of carbonyl (C=O) groups excluding carboxylic acids is 2. The molecule has 1 N–H and O–H groups in total. The van der Waals surface area contributed by atoms with Gasteiger partial charge in [-0.15, -0.1) is 0 Å². The molecule has 1 aliphatic heterocycles. The van der Waals surface area contributed by atoms with Crippen molar-refractivity contribution in [3.05, 3.63) is 35.4 Å². The maximum atomic E-state index is 13.3. The van der Waals surface area contributed by atoms with Crippen molar-refractivity contribution in [1.29, 1.82) is 0 Å². The summed E-state index contributed by atoms with van der Waals surface area (Å²) in [5.74, 6) is 0.141. The average Bonchev–Trinajstić information content (AvgIpc) is 3.31. The molecule has 0 bridgehead atoms. The number of nitrogens with one attached hydrogen (secondary N) is 1. The van der Waals surface area contributed by atoms with Crippen LogP contribution in [0, 0.1) is 11.8 Å². The number of halogens is 3. The summed E-state index contributed by atoms with van der Waals surface area (Å²) in [6, 6.07) is 4.70. The minimum absolute atomic E-state index is 0.0411. The Hall–Kier alpha value is -2.09. The molecule has 2 amide bonds. The number of benzene rings is 1. The molecule has 5 nitrogen and oxygen atoms in total. The van der Waals surface area contributed by atoms with E-state index in [2.05, 4.69) is 24.1 Å². The molecule has 3 rings (SSSR count). The van der Waals surface area contributed by atoms with Crippen molar-refractivity contribution in [2.24, 2.45) is 11.8 Å². The van der Waals surface area contributed by atoms with Crippen LogP contribution < -0.4 is 5.32 Å². The van der Waals surface area contributed by atoms with Gasteiger partial charge in [-0.3, -0.25) is 14.5 Å². The molecule has 0 unspecified atom stereocenters. The van der Waals surface area contributed by atoms with Gasteiger partial charge in [0.25, 0.3) is 5.91 Å². The molecule has 32 heavy (non-hydrogen) atoms. The minimum atomic E-state index is -4.57. The fourth-order valence-electron chi connectivity index (χ4n) is 4.77. The average molecular weight is 454 g/mol. The van der Waals surface area contributed by atoms with E-state index >= 15 is 0 Å². The first-order chi connectivity index (χ1) is 15.2. The molecule has 1 aromatic carbocycles. The maximum Gasteiger partial charge on any atom is 0.417 e. The lowest BCUT2D eigenvalue weighted by Crippen LogP contribution is -2.58. The predicted molar refractivity (Wildman–Crippen MR) is 117 cm³/mol. The normalized spacial score (nSPS) is 20.2. The Morgan fingerprint density at radius 1 is 1.09 bits per heavy atom. The number of alkyl halides is 3. The highest BCUT2D eigenvalue weighted by molar-refractivity contribution is 5.96.